The molecule has 2 aromatic carbocycles. The van der Waals surface area contributed by atoms with Gasteiger partial charge in [-0.3, -0.25) is 0 Å². The highest BCUT2D eigenvalue weighted by atomic mass is 16.5. The summed E-state index contributed by atoms with van der Waals surface area (Å²) in [6, 6.07) is 10.5. The standard InChI is InChI=1S/C17H16N2O4/c1-21-11-5-3-10(4-6-11)13-9-23-15-8-12(22-2)7-14(20)16(15)17(13)19-18/h3-9,20H,18H2,1-2H3. The molecule has 0 aliphatic carbocycles. The summed E-state index contributed by atoms with van der Waals surface area (Å²) < 4.78 is 15.9. The Balaban J connectivity index is 2.28. The summed E-state index contributed by atoms with van der Waals surface area (Å²) in [4.78, 5) is 0. The molecule has 0 saturated carbocycles. The number of phenols is 1. The Labute approximate surface area is 132 Å². The maximum absolute atomic E-state index is 10.3. The minimum atomic E-state index is -0.0114. The molecule has 1 aromatic heterocycles. The highest BCUT2D eigenvalue weighted by Crippen LogP contribution is 2.30. The van der Waals surface area contributed by atoms with Crippen LogP contribution in [-0.4, -0.2) is 19.3 Å². The molecule has 0 aliphatic rings. The number of aromatic hydroxyl groups is 1. The quantitative estimate of drug-likeness (QED) is 0.573. The van der Waals surface area contributed by atoms with Crippen molar-refractivity contribution >= 4 is 11.0 Å². The van der Waals surface area contributed by atoms with Gasteiger partial charge in [0.05, 0.1) is 19.6 Å². The maximum atomic E-state index is 10.3. The average Bonchev–Trinajstić information content (AvgIpc) is 2.60. The van der Waals surface area contributed by atoms with Gasteiger partial charge < -0.3 is 24.8 Å². The third kappa shape index (κ3) is 2.55. The lowest BCUT2D eigenvalue weighted by atomic mass is 10.0. The predicted molar refractivity (Wildman–Crippen MR) is 86.2 cm³/mol. The Morgan fingerprint density at radius 1 is 1.04 bits per heavy atom. The molecule has 0 bridgehead atoms. The molecule has 0 spiro atoms. The highest BCUT2D eigenvalue weighted by molar-refractivity contribution is 5.87. The van der Waals surface area contributed by atoms with E-state index in [0.29, 0.717) is 27.6 Å². The zero-order chi connectivity index (χ0) is 16.4. The van der Waals surface area contributed by atoms with Crippen LogP contribution >= 0.6 is 0 Å². The first-order valence-electron chi connectivity index (χ1n) is 6.88. The van der Waals surface area contributed by atoms with Gasteiger partial charge in [0, 0.05) is 17.7 Å². The first-order valence-corrected chi connectivity index (χ1v) is 6.88. The number of methoxy groups -OCH3 is 2. The monoisotopic (exact) mass is 312 g/mol. The molecule has 3 rings (SSSR count). The van der Waals surface area contributed by atoms with Crippen LogP contribution in [0.25, 0.3) is 22.1 Å². The van der Waals surface area contributed by atoms with Crippen LogP contribution in [0.5, 0.6) is 17.2 Å². The number of hydrogen-bond acceptors (Lipinski definition) is 6. The predicted octanol–water partition coefficient (Wildman–Crippen LogP) is 2.60. The van der Waals surface area contributed by atoms with Crippen molar-refractivity contribution in [2.24, 2.45) is 10.9 Å². The van der Waals surface area contributed by atoms with Crippen molar-refractivity contribution in [3.8, 4) is 28.4 Å². The Morgan fingerprint density at radius 2 is 1.74 bits per heavy atom. The van der Waals surface area contributed by atoms with Gasteiger partial charge in [-0.25, -0.2) is 0 Å². The molecule has 0 saturated heterocycles. The molecule has 0 radical (unpaired) electrons. The normalized spacial score (nSPS) is 11.7. The topological polar surface area (TPSA) is 90.2 Å². The fourth-order valence-corrected chi connectivity index (χ4v) is 2.45. The first kappa shape index (κ1) is 14.8. The highest BCUT2D eigenvalue weighted by Gasteiger charge is 2.13. The molecule has 6 nitrogen and oxygen atoms in total. The Bertz CT molecular complexity index is 914. The van der Waals surface area contributed by atoms with Crippen molar-refractivity contribution in [1.82, 2.24) is 0 Å². The number of nitrogens with two attached hydrogens (primary N) is 1. The molecular weight excluding hydrogens is 296 g/mol. The second kappa shape index (κ2) is 5.92. The van der Waals surface area contributed by atoms with E-state index in [0.717, 1.165) is 11.3 Å². The molecular formula is C17H16N2O4. The molecule has 0 amide bonds. The smallest absolute Gasteiger partial charge is 0.143 e. The number of nitrogens with zero attached hydrogens (tertiary/aromatic N) is 1. The SMILES string of the molecule is COc1ccc(-c2coc3cc(OC)cc(O)c3c2=NN)cc1. The second-order valence-electron chi connectivity index (χ2n) is 4.88. The van der Waals surface area contributed by atoms with Crippen LogP contribution in [0.4, 0.5) is 0 Å². The average molecular weight is 312 g/mol. The van der Waals surface area contributed by atoms with Gasteiger partial charge in [0.15, 0.2) is 0 Å². The van der Waals surface area contributed by atoms with E-state index in [4.69, 9.17) is 19.7 Å². The van der Waals surface area contributed by atoms with Crippen LogP contribution < -0.4 is 20.7 Å². The minimum Gasteiger partial charge on any atom is -0.507 e. The summed E-state index contributed by atoms with van der Waals surface area (Å²) in [5.74, 6) is 6.78. The molecule has 6 heteroatoms. The fourth-order valence-electron chi connectivity index (χ4n) is 2.45. The molecule has 0 unspecified atom stereocenters. The molecule has 3 N–H and O–H groups in total. The molecule has 3 aromatic rings. The number of benzene rings is 2. The summed E-state index contributed by atoms with van der Waals surface area (Å²) >= 11 is 0. The minimum absolute atomic E-state index is 0.0114. The van der Waals surface area contributed by atoms with Crippen LogP contribution in [0, 0.1) is 0 Å². The van der Waals surface area contributed by atoms with Gasteiger partial charge in [0.2, 0.25) is 0 Å². The summed E-state index contributed by atoms with van der Waals surface area (Å²) in [5, 5.41) is 15.0. The molecule has 0 atom stereocenters. The number of rotatable bonds is 3. The summed E-state index contributed by atoms with van der Waals surface area (Å²) in [6.45, 7) is 0. The van der Waals surface area contributed by atoms with E-state index in [2.05, 4.69) is 5.10 Å². The van der Waals surface area contributed by atoms with Crippen LogP contribution in [0.3, 0.4) is 0 Å². The Morgan fingerprint density at radius 3 is 2.35 bits per heavy atom. The first-order chi connectivity index (χ1) is 11.2. The van der Waals surface area contributed by atoms with E-state index >= 15 is 0 Å². The van der Waals surface area contributed by atoms with E-state index in [1.54, 1.807) is 19.4 Å². The van der Waals surface area contributed by atoms with Crippen LogP contribution in [-0.2, 0) is 0 Å². The lowest BCUT2D eigenvalue weighted by Gasteiger charge is -2.09. The van der Waals surface area contributed by atoms with Crippen LogP contribution in [0.2, 0.25) is 0 Å². The lowest BCUT2D eigenvalue weighted by molar-refractivity contribution is 0.408. The van der Waals surface area contributed by atoms with Crippen molar-refractivity contribution in [3.63, 3.8) is 0 Å². The Kier molecular flexibility index (Phi) is 3.80. The molecule has 118 valence electrons. The lowest BCUT2D eigenvalue weighted by Crippen LogP contribution is -2.11. The van der Waals surface area contributed by atoms with Crippen molar-refractivity contribution in [2.45, 2.75) is 0 Å². The van der Waals surface area contributed by atoms with Gasteiger partial charge in [-0.15, -0.1) is 0 Å². The molecule has 0 aliphatic heterocycles. The van der Waals surface area contributed by atoms with Crippen LogP contribution in [0.1, 0.15) is 0 Å². The van der Waals surface area contributed by atoms with E-state index in [-0.39, 0.29) is 5.75 Å². The van der Waals surface area contributed by atoms with Gasteiger partial charge in [-0.05, 0) is 17.7 Å². The molecule has 23 heavy (non-hydrogen) atoms. The van der Waals surface area contributed by atoms with E-state index < -0.39 is 0 Å². The number of ether oxygens (including phenoxy) is 2. The Hall–Kier alpha value is -3.15. The van der Waals surface area contributed by atoms with Gasteiger partial charge in [0.25, 0.3) is 0 Å². The zero-order valence-corrected chi connectivity index (χ0v) is 12.7. The van der Waals surface area contributed by atoms with Crippen molar-refractivity contribution < 1.29 is 19.0 Å². The summed E-state index contributed by atoms with van der Waals surface area (Å²) in [5.41, 5.74) is 1.95. The number of hydrogen-bond donors (Lipinski definition) is 2. The third-order valence-electron chi connectivity index (χ3n) is 3.62. The van der Waals surface area contributed by atoms with Gasteiger partial charge in [0.1, 0.15) is 34.5 Å². The summed E-state index contributed by atoms with van der Waals surface area (Å²) in [7, 11) is 3.12. The number of fused-ring (bicyclic) bond motifs is 1. The largest absolute Gasteiger partial charge is 0.507 e. The van der Waals surface area contributed by atoms with Crippen molar-refractivity contribution in [2.75, 3.05) is 14.2 Å². The molecule has 0 fully saturated rings. The van der Waals surface area contributed by atoms with E-state index in [1.165, 1.54) is 13.2 Å². The van der Waals surface area contributed by atoms with Crippen molar-refractivity contribution in [1.29, 1.82) is 0 Å². The zero-order valence-electron chi connectivity index (χ0n) is 12.7. The fraction of sp³-hybridized carbons (Fsp3) is 0.118. The van der Waals surface area contributed by atoms with E-state index in [9.17, 15) is 5.11 Å². The van der Waals surface area contributed by atoms with Crippen molar-refractivity contribution in [3.05, 3.63) is 48.0 Å². The second-order valence-corrected chi connectivity index (χ2v) is 4.88. The van der Waals surface area contributed by atoms with Crippen LogP contribution in [0.15, 0.2) is 52.2 Å². The number of phenolic OH excluding ortho intramolecular Hbond substituents is 1. The molecule has 1 heterocycles. The summed E-state index contributed by atoms with van der Waals surface area (Å²) in [6.07, 6.45) is 1.55. The third-order valence-corrected chi connectivity index (χ3v) is 3.62. The van der Waals surface area contributed by atoms with E-state index in [1.807, 2.05) is 24.3 Å². The van der Waals surface area contributed by atoms with Gasteiger partial charge in [-0.1, -0.05) is 12.1 Å². The maximum Gasteiger partial charge on any atom is 0.143 e. The van der Waals surface area contributed by atoms with Gasteiger partial charge >= 0.3 is 0 Å². The van der Waals surface area contributed by atoms with Gasteiger partial charge in [-0.2, -0.15) is 5.10 Å².